The van der Waals surface area contributed by atoms with Crippen LogP contribution in [0.1, 0.15) is 0 Å². The average molecular weight is 171 g/mol. The molecular weight excluding hydrogens is 162 g/mol. The van der Waals surface area contributed by atoms with E-state index >= 15 is 0 Å². The lowest BCUT2D eigenvalue weighted by Crippen LogP contribution is -2.30. The Balaban J connectivity index is 2.47. The van der Waals surface area contributed by atoms with E-state index < -0.39 is 6.03 Å². The van der Waals surface area contributed by atoms with Gasteiger partial charge >= 0.3 is 12.0 Å². The molecular formula is C6H9N3O3. The minimum atomic E-state index is -0.444. The Morgan fingerprint density at radius 3 is 3.08 bits per heavy atom. The Kier molecular flexibility index (Phi) is 2.65. The minimum absolute atomic E-state index is 0.143. The number of nitrogens with one attached hydrogen (secondary N) is 1. The van der Waals surface area contributed by atoms with Crippen molar-refractivity contribution in [2.45, 2.75) is 0 Å². The van der Waals surface area contributed by atoms with Gasteiger partial charge in [0.1, 0.15) is 6.26 Å². The monoisotopic (exact) mass is 171 g/mol. The summed E-state index contributed by atoms with van der Waals surface area (Å²) in [6.45, 7) is 0. The molecule has 0 saturated heterocycles. The number of oxazole rings is 1. The number of hydrogen-bond donors (Lipinski definition) is 1. The minimum Gasteiger partial charge on any atom is -0.432 e. The average Bonchev–Trinajstić information content (AvgIpc) is 2.55. The fourth-order valence-corrected chi connectivity index (χ4v) is 0.538. The predicted octanol–water partition coefficient (Wildman–Crippen LogP) is 0.700. The molecule has 6 heteroatoms. The topological polar surface area (TPSA) is 67.6 Å². The quantitative estimate of drug-likeness (QED) is 0.665. The van der Waals surface area contributed by atoms with Gasteiger partial charge in [0.2, 0.25) is 0 Å². The number of amides is 2. The molecule has 1 aromatic rings. The summed E-state index contributed by atoms with van der Waals surface area (Å²) in [4.78, 5) is 19.3. The molecule has 1 aromatic heterocycles. The van der Waals surface area contributed by atoms with Crippen molar-refractivity contribution in [2.75, 3.05) is 19.5 Å². The zero-order valence-corrected chi connectivity index (χ0v) is 6.77. The SMILES string of the molecule is CON(C)C(=O)Nc1ncco1. The highest BCUT2D eigenvalue weighted by Crippen LogP contribution is 2.01. The van der Waals surface area contributed by atoms with Crippen LogP contribution in [0.4, 0.5) is 10.8 Å². The molecule has 6 nitrogen and oxygen atoms in total. The zero-order chi connectivity index (χ0) is 8.97. The van der Waals surface area contributed by atoms with Gasteiger partial charge in [0.25, 0.3) is 0 Å². The molecule has 0 aliphatic heterocycles. The van der Waals surface area contributed by atoms with Gasteiger partial charge < -0.3 is 4.42 Å². The summed E-state index contributed by atoms with van der Waals surface area (Å²) in [5, 5.41) is 3.37. The Bertz CT molecular complexity index is 247. The first kappa shape index (κ1) is 8.54. The van der Waals surface area contributed by atoms with Gasteiger partial charge in [-0.3, -0.25) is 10.2 Å². The van der Waals surface area contributed by atoms with E-state index in [2.05, 4.69) is 15.1 Å². The molecule has 0 radical (unpaired) electrons. The van der Waals surface area contributed by atoms with Crippen LogP contribution < -0.4 is 5.32 Å². The molecule has 0 aromatic carbocycles. The second-order valence-corrected chi connectivity index (χ2v) is 1.95. The standard InChI is InChI=1S/C6H9N3O3/c1-9(11-2)6(10)8-5-7-3-4-12-5/h3-4H,1-2H3,(H,7,8,10). The zero-order valence-electron chi connectivity index (χ0n) is 6.77. The molecule has 0 aliphatic carbocycles. The van der Waals surface area contributed by atoms with E-state index in [1.165, 1.54) is 26.6 Å². The van der Waals surface area contributed by atoms with E-state index in [0.29, 0.717) is 0 Å². The number of hydrogen-bond acceptors (Lipinski definition) is 4. The molecule has 66 valence electrons. The summed E-state index contributed by atoms with van der Waals surface area (Å²) in [7, 11) is 2.85. The van der Waals surface area contributed by atoms with Crippen molar-refractivity contribution in [1.82, 2.24) is 10.0 Å². The van der Waals surface area contributed by atoms with Gasteiger partial charge in [0.05, 0.1) is 13.3 Å². The number of anilines is 1. The Morgan fingerprint density at radius 1 is 1.83 bits per heavy atom. The molecule has 0 atom stereocenters. The van der Waals surface area contributed by atoms with E-state index in [1.54, 1.807) is 0 Å². The van der Waals surface area contributed by atoms with Crippen molar-refractivity contribution < 1.29 is 14.0 Å². The molecule has 1 heterocycles. The molecule has 1 N–H and O–H groups in total. The third kappa shape index (κ3) is 1.96. The highest BCUT2D eigenvalue weighted by atomic mass is 16.7. The molecule has 12 heavy (non-hydrogen) atoms. The second kappa shape index (κ2) is 3.72. The summed E-state index contributed by atoms with van der Waals surface area (Å²) in [6.07, 6.45) is 2.80. The number of carbonyl (C=O) groups is 1. The number of nitrogens with zero attached hydrogens (tertiary/aromatic N) is 2. The van der Waals surface area contributed by atoms with E-state index in [9.17, 15) is 4.79 Å². The Labute approximate surface area is 69.1 Å². The van der Waals surface area contributed by atoms with E-state index in [4.69, 9.17) is 4.42 Å². The van der Waals surface area contributed by atoms with Crippen molar-refractivity contribution in [1.29, 1.82) is 0 Å². The fourth-order valence-electron chi connectivity index (χ4n) is 0.538. The summed E-state index contributed by atoms with van der Waals surface area (Å²) in [5.41, 5.74) is 0. The lowest BCUT2D eigenvalue weighted by molar-refractivity contribution is -0.0599. The number of hydroxylamine groups is 2. The molecule has 0 aliphatic rings. The first-order chi connectivity index (χ1) is 5.74. The molecule has 0 saturated carbocycles. The molecule has 0 bridgehead atoms. The molecule has 0 spiro atoms. The van der Waals surface area contributed by atoms with Crippen LogP contribution in [-0.2, 0) is 4.84 Å². The van der Waals surface area contributed by atoms with Crippen molar-refractivity contribution in [2.24, 2.45) is 0 Å². The molecule has 0 fully saturated rings. The summed E-state index contributed by atoms with van der Waals surface area (Å²) in [5.74, 6) is 0. The van der Waals surface area contributed by atoms with Crippen molar-refractivity contribution in [3.8, 4) is 0 Å². The molecule has 0 unspecified atom stereocenters. The maximum atomic E-state index is 11.0. The number of aromatic nitrogens is 1. The normalized spacial score (nSPS) is 9.50. The van der Waals surface area contributed by atoms with Crippen LogP contribution >= 0.6 is 0 Å². The fraction of sp³-hybridized carbons (Fsp3) is 0.333. The first-order valence-electron chi connectivity index (χ1n) is 3.22. The van der Waals surface area contributed by atoms with Crippen LogP contribution in [0, 0.1) is 0 Å². The van der Waals surface area contributed by atoms with Gasteiger partial charge in [-0.05, 0) is 0 Å². The van der Waals surface area contributed by atoms with E-state index in [0.717, 1.165) is 5.06 Å². The van der Waals surface area contributed by atoms with Crippen LogP contribution in [0.5, 0.6) is 0 Å². The van der Waals surface area contributed by atoms with Crippen LogP contribution in [-0.4, -0.2) is 30.2 Å². The van der Waals surface area contributed by atoms with Crippen molar-refractivity contribution in [3.63, 3.8) is 0 Å². The highest BCUT2D eigenvalue weighted by Gasteiger charge is 2.09. The molecule has 2 amide bonds. The van der Waals surface area contributed by atoms with Crippen LogP contribution in [0.3, 0.4) is 0 Å². The lowest BCUT2D eigenvalue weighted by Gasteiger charge is -2.12. The second-order valence-electron chi connectivity index (χ2n) is 1.95. The van der Waals surface area contributed by atoms with E-state index in [1.807, 2.05) is 0 Å². The maximum Gasteiger partial charge on any atom is 0.349 e. The number of urea groups is 1. The summed E-state index contributed by atoms with van der Waals surface area (Å²) < 4.78 is 4.77. The van der Waals surface area contributed by atoms with Gasteiger partial charge in [0, 0.05) is 7.05 Å². The lowest BCUT2D eigenvalue weighted by atomic mass is 10.9. The van der Waals surface area contributed by atoms with Crippen LogP contribution in [0.15, 0.2) is 16.9 Å². The van der Waals surface area contributed by atoms with Crippen molar-refractivity contribution >= 4 is 12.0 Å². The van der Waals surface area contributed by atoms with Gasteiger partial charge in [-0.15, -0.1) is 0 Å². The van der Waals surface area contributed by atoms with Gasteiger partial charge in [-0.25, -0.2) is 14.8 Å². The third-order valence-corrected chi connectivity index (χ3v) is 1.21. The maximum absolute atomic E-state index is 11.0. The van der Waals surface area contributed by atoms with Gasteiger partial charge in [-0.1, -0.05) is 0 Å². The summed E-state index contributed by atoms with van der Waals surface area (Å²) >= 11 is 0. The van der Waals surface area contributed by atoms with Crippen LogP contribution in [0.25, 0.3) is 0 Å². The van der Waals surface area contributed by atoms with E-state index in [-0.39, 0.29) is 6.01 Å². The largest absolute Gasteiger partial charge is 0.432 e. The number of carbonyl (C=O) groups excluding carboxylic acids is 1. The Hall–Kier alpha value is -1.56. The molecule has 1 rings (SSSR count). The smallest absolute Gasteiger partial charge is 0.349 e. The first-order valence-corrected chi connectivity index (χ1v) is 3.22. The number of rotatable bonds is 2. The Morgan fingerprint density at radius 2 is 2.58 bits per heavy atom. The highest BCUT2D eigenvalue weighted by molar-refractivity contribution is 5.85. The van der Waals surface area contributed by atoms with Gasteiger partial charge in [-0.2, -0.15) is 0 Å². The third-order valence-electron chi connectivity index (χ3n) is 1.21. The van der Waals surface area contributed by atoms with Gasteiger partial charge in [0.15, 0.2) is 0 Å². The predicted molar refractivity (Wildman–Crippen MR) is 40.3 cm³/mol. The van der Waals surface area contributed by atoms with Crippen molar-refractivity contribution in [3.05, 3.63) is 12.5 Å². The van der Waals surface area contributed by atoms with Crippen LogP contribution in [0.2, 0.25) is 0 Å². The summed E-state index contributed by atoms with van der Waals surface area (Å²) in [6, 6.07) is -0.302.